The fourth-order valence-corrected chi connectivity index (χ4v) is 5.60. The first-order valence-electron chi connectivity index (χ1n) is 11.8. The Labute approximate surface area is 205 Å². The Morgan fingerprint density at radius 1 is 1.27 bits per heavy atom. The summed E-state index contributed by atoms with van der Waals surface area (Å²) in [5.74, 6) is 0.353. The fourth-order valence-electron chi connectivity index (χ4n) is 4.25. The highest BCUT2D eigenvalue weighted by atomic mass is 32.2. The predicted molar refractivity (Wildman–Crippen MR) is 136 cm³/mol. The molecule has 1 N–H and O–H groups in total. The summed E-state index contributed by atoms with van der Waals surface area (Å²) < 4.78 is 4.85. The molecule has 0 aromatic rings. The summed E-state index contributed by atoms with van der Waals surface area (Å²) >= 11 is 1.78. The van der Waals surface area contributed by atoms with Crippen LogP contribution in [0.3, 0.4) is 0 Å². The normalized spacial score (nSPS) is 21.3. The van der Waals surface area contributed by atoms with Crippen LogP contribution in [0, 0.1) is 11.3 Å². The molecule has 7 nitrogen and oxygen atoms in total. The number of carbonyl (C=O) groups is 3. The highest BCUT2D eigenvalue weighted by Gasteiger charge is 2.44. The Morgan fingerprint density at radius 2 is 1.85 bits per heavy atom. The van der Waals surface area contributed by atoms with E-state index in [-0.39, 0.29) is 40.5 Å². The number of amides is 2. The highest BCUT2D eigenvalue weighted by molar-refractivity contribution is 8.00. The van der Waals surface area contributed by atoms with Crippen molar-refractivity contribution in [2.45, 2.75) is 85.2 Å². The van der Waals surface area contributed by atoms with E-state index < -0.39 is 11.5 Å². The van der Waals surface area contributed by atoms with Crippen molar-refractivity contribution in [1.82, 2.24) is 15.1 Å². The van der Waals surface area contributed by atoms with Crippen molar-refractivity contribution < 1.29 is 19.1 Å². The van der Waals surface area contributed by atoms with Gasteiger partial charge in [-0.1, -0.05) is 40.7 Å². The average Bonchev–Trinajstić information content (AvgIpc) is 2.67. The van der Waals surface area contributed by atoms with Crippen LogP contribution in [0.2, 0.25) is 0 Å². The van der Waals surface area contributed by atoms with Gasteiger partial charge in [0, 0.05) is 29.7 Å². The number of nitrogens with one attached hydrogen (secondary N) is 1. The van der Waals surface area contributed by atoms with Gasteiger partial charge in [0.1, 0.15) is 12.1 Å². The lowest BCUT2D eigenvalue weighted by atomic mass is 9.84. The molecule has 1 rings (SSSR count). The summed E-state index contributed by atoms with van der Waals surface area (Å²) in [4.78, 5) is 43.0. The topological polar surface area (TPSA) is 79.0 Å². The van der Waals surface area contributed by atoms with Gasteiger partial charge in [-0.25, -0.2) is 4.79 Å². The molecule has 1 heterocycles. The molecule has 190 valence electrons. The molecule has 1 fully saturated rings. The van der Waals surface area contributed by atoms with E-state index in [1.165, 1.54) is 0 Å². The van der Waals surface area contributed by atoms with Gasteiger partial charge in [-0.15, -0.1) is 0 Å². The fraction of sp³-hybridized carbons (Fsp3) is 0.800. The zero-order valence-corrected chi connectivity index (χ0v) is 23.3. The van der Waals surface area contributed by atoms with Crippen molar-refractivity contribution in [3.8, 4) is 0 Å². The summed E-state index contributed by atoms with van der Waals surface area (Å²) in [7, 11) is 3.70. The summed E-state index contributed by atoms with van der Waals surface area (Å²) in [6, 6.07) is -1.34. The number of likely N-dealkylation sites (N-methyl/N-ethyl adjacent to an activating group) is 2. The van der Waals surface area contributed by atoms with Crippen molar-refractivity contribution in [3.05, 3.63) is 11.6 Å². The molecule has 3 atom stereocenters. The lowest BCUT2D eigenvalue weighted by molar-refractivity contribution is -0.141. The molecule has 2 amide bonds. The summed E-state index contributed by atoms with van der Waals surface area (Å²) in [6.45, 7) is 18.6. The van der Waals surface area contributed by atoms with Crippen LogP contribution >= 0.6 is 11.8 Å². The molecular weight excluding hydrogens is 438 g/mol. The van der Waals surface area contributed by atoms with Crippen molar-refractivity contribution in [2.24, 2.45) is 11.3 Å². The molecule has 2 unspecified atom stereocenters. The Kier molecular flexibility index (Phi) is 10.5. The number of esters is 1. The first kappa shape index (κ1) is 29.5. The van der Waals surface area contributed by atoms with Gasteiger partial charge in [0.25, 0.3) is 0 Å². The summed E-state index contributed by atoms with van der Waals surface area (Å²) in [5, 5.41) is 3.09. The Morgan fingerprint density at radius 3 is 2.30 bits per heavy atom. The minimum atomic E-state index is -0.705. The maximum atomic E-state index is 13.7. The summed E-state index contributed by atoms with van der Waals surface area (Å²) in [5.41, 5.74) is -0.0263. The molecular formula is C25H45N3O4S. The van der Waals surface area contributed by atoms with Crippen LogP contribution in [-0.2, 0) is 19.1 Å². The maximum absolute atomic E-state index is 13.7. The zero-order valence-electron chi connectivity index (χ0n) is 22.4. The standard InChI is InChI=1S/C25H45N3O4S/c1-12-32-23(31)17(4)15-18(16(2)3)28(11)22(30)19(24(5,6)7)26-21(29)20-25(8,9)33-14-13-27(20)10/h15-16,18-20H,12-14H2,1-11H3,(H,26,29)/b17-15+/t18?,19-,20?/m1/s1. The molecule has 0 aromatic heterocycles. The second-order valence-corrected chi connectivity index (χ2v) is 12.6. The lowest BCUT2D eigenvalue weighted by Gasteiger charge is -2.44. The van der Waals surface area contributed by atoms with E-state index in [9.17, 15) is 14.4 Å². The number of ether oxygens (including phenoxy) is 1. The van der Waals surface area contributed by atoms with Gasteiger partial charge in [-0.3, -0.25) is 14.5 Å². The van der Waals surface area contributed by atoms with E-state index in [2.05, 4.69) is 24.1 Å². The number of hydrogen-bond donors (Lipinski definition) is 1. The van der Waals surface area contributed by atoms with Crippen molar-refractivity contribution in [2.75, 3.05) is 33.0 Å². The van der Waals surface area contributed by atoms with E-state index in [0.29, 0.717) is 12.2 Å². The van der Waals surface area contributed by atoms with Crippen LogP contribution in [0.15, 0.2) is 11.6 Å². The Balaban J connectivity index is 3.21. The second-order valence-electron chi connectivity index (χ2n) is 10.9. The maximum Gasteiger partial charge on any atom is 0.333 e. The van der Waals surface area contributed by atoms with Gasteiger partial charge in [0.15, 0.2) is 0 Å². The van der Waals surface area contributed by atoms with E-state index in [1.54, 1.807) is 43.6 Å². The van der Waals surface area contributed by atoms with Gasteiger partial charge in [-0.2, -0.15) is 11.8 Å². The van der Waals surface area contributed by atoms with Gasteiger partial charge in [-0.05, 0) is 46.1 Å². The van der Waals surface area contributed by atoms with Crippen molar-refractivity contribution >= 4 is 29.5 Å². The molecule has 33 heavy (non-hydrogen) atoms. The molecule has 1 aliphatic heterocycles. The number of thioether (sulfide) groups is 1. The van der Waals surface area contributed by atoms with Gasteiger partial charge in [0.05, 0.1) is 12.6 Å². The Hall–Kier alpha value is -1.54. The average molecular weight is 484 g/mol. The van der Waals surface area contributed by atoms with Gasteiger partial charge >= 0.3 is 5.97 Å². The van der Waals surface area contributed by atoms with Gasteiger partial charge in [0.2, 0.25) is 11.8 Å². The second kappa shape index (κ2) is 11.7. The first-order valence-corrected chi connectivity index (χ1v) is 12.8. The molecule has 0 aliphatic carbocycles. The van der Waals surface area contributed by atoms with E-state index in [4.69, 9.17) is 4.74 Å². The monoisotopic (exact) mass is 483 g/mol. The molecule has 0 spiro atoms. The van der Waals surface area contributed by atoms with E-state index in [1.807, 2.05) is 41.7 Å². The third-order valence-electron chi connectivity index (χ3n) is 6.16. The van der Waals surface area contributed by atoms with Crippen LogP contribution < -0.4 is 5.32 Å². The number of carbonyl (C=O) groups excluding carboxylic acids is 3. The third-order valence-corrected chi connectivity index (χ3v) is 7.52. The van der Waals surface area contributed by atoms with Crippen LogP contribution in [0.25, 0.3) is 0 Å². The summed E-state index contributed by atoms with van der Waals surface area (Å²) in [6.07, 6.45) is 1.79. The molecule has 1 aliphatic rings. The SMILES string of the molecule is CCOC(=O)/C(C)=C/C(C(C)C)N(C)C(=O)[C@@H](NC(=O)C1N(C)CCSC1(C)C)C(C)(C)C. The Bertz CT molecular complexity index is 742. The highest BCUT2D eigenvalue weighted by Crippen LogP contribution is 2.35. The number of nitrogens with zero attached hydrogens (tertiary/aromatic N) is 2. The lowest BCUT2D eigenvalue weighted by Crippen LogP contribution is -2.63. The van der Waals surface area contributed by atoms with E-state index >= 15 is 0 Å². The molecule has 0 saturated carbocycles. The molecule has 0 bridgehead atoms. The largest absolute Gasteiger partial charge is 0.463 e. The van der Waals surface area contributed by atoms with Crippen molar-refractivity contribution in [3.63, 3.8) is 0 Å². The zero-order chi connectivity index (χ0) is 25.7. The molecule has 1 saturated heterocycles. The molecule has 8 heteroatoms. The molecule has 0 aromatic carbocycles. The van der Waals surface area contributed by atoms with Crippen LogP contribution in [0.5, 0.6) is 0 Å². The smallest absolute Gasteiger partial charge is 0.333 e. The third kappa shape index (κ3) is 7.74. The van der Waals surface area contributed by atoms with Crippen LogP contribution in [0.4, 0.5) is 0 Å². The predicted octanol–water partition coefficient (Wildman–Crippen LogP) is 3.34. The minimum Gasteiger partial charge on any atom is -0.463 e. The van der Waals surface area contributed by atoms with Crippen LogP contribution in [-0.4, -0.2) is 83.5 Å². The van der Waals surface area contributed by atoms with Crippen molar-refractivity contribution in [1.29, 1.82) is 0 Å². The minimum absolute atomic E-state index is 0.0689. The first-order chi connectivity index (χ1) is 15.0. The molecule has 0 radical (unpaired) electrons. The van der Waals surface area contributed by atoms with Gasteiger partial charge < -0.3 is 15.0 Å². The number of rotatable bonds is 8. The number of hydrogen-bond acceptors (Lipinski definition) is 6. The van der Waals surface area contributed by atoms with E-state index in [0.717, 1.165) is 12.3 Å². The van der Waals surface area contributed by atoms with Crippen LogP contribution in [0.1, 0.15) is 62.3 Å². The quantitative estimate of drug-likeness (QED) is 0.421.